The molecular weight excluding hydrogens is 761 g/mol. The van der Waals surface area contributed by atoms with Gasteiger partial charge in [-0.25, -0.2) is 9.78 Å². The SMILES string of the molecule is CC(C)(C)NC(=O)[C@@H]1C[C@@H]2CCCC[C@@H]2CN1CC[C@H](NC(=O)[C@@H](CC(N)=O)NC(=O)c1ccc2ccccc2n1)C(OC(=O)COCc1ccccc1)c1ccccc1. The van der Waals surface area contributed by atoms with E-state index >= 15 is 0 Å². The van der Waals surface area contributed by atoms with Crippen LogP contribution in [0.15, 0.2) is 97.1 Å². The second-order valence-corrected chi connectivity index (χ2v) is 17.1. The van der Waals surface area contributed by atoms with Crippen LogP contribution < -0.4 is 21.7 Å². The number of ether oxygens (including phenoxy) is 2. The summed E-state index contributed by atoms with van der Waals surface area (Å²) in [4.78, 5) is 74.5. The van der Waals surface area contributed by atoms with Gasteiger partial charge in [-0.15, -0.1) is 0 Å². The van der Waals surface area contributed by atoms with Gasteiger partial charge >= 0.3 is 5.97 Å². The molecule has 318 valence electrons. The van der Waals surface area contributed by atoms with Crippen molar-refractivity contribution in [1.29, 1.82) is 0 Å². The average Bonchev–Trinajstić information content (AvgIpc) is 3.23. The number of amides is 4. The lowest BCUT2D eigenvalue weighted by Crippen LogP contribution is -2.58. The Morgan fingerprint density at radius 2 is 1.53 bits per heavy atom. The van der Waals surface area contributed by atoms with Gasteiger partial charge in [0.15, 0.2) is 0 Å². The number of fused-ring (bicyclic) bond motifs is 2. The van der Waals surface area contributed by atoms with Crippen LogP contribution in [0.1, 0.15) is 93.4 Å². The Morgan fingerprint density at radius 1 is 0.850 bits per heavy atom. The van der Waals surface area contributed by atoms with Crippen LogP contribution in [0.3, 0.4) is 0 Å². The highest BCUT2D eigenvalue weighted by atomic mass is 16.6. The molecular formula is C47H58N6O7. The Morgan fingerprint density at radius 3 is 2.25 bits per heavy atom. The molecule has 13 nitrogen and oxygen atoms in total. The zero-order valence-corrected chi connectivity index (χ0v) is 34.8. The van der Waals surface area contributed by atoms with Gasteiger partial charge in [-0.05, 0) is 75.1 Å². The van der Waals surface area contributed by atoms with Crippen molar-refractivity contribution < 1.29 is 33.4 Å². The van der Waals surface area contributed by atoms with Crippen LogP contribution in [-0.2, 0) is 35.3 Å². The Bertz CT molecular complexity index is 2090. The lowest BCUT2D eigenvalue weighted by molar-refractivity contribution is -0.158. The number of carbonyl (C=O) groups excluding carboxylic acids is 5. The number of aromatic nitrogens is 1. The first-order valence-corrected chi connectivity index (χ1v) is 21.0. The summed E-state index contributed by atoms with van der Waals surface area (Å²) in [5.74, 6) is -1.96. The van der Waals surface area contributed by atoms with Gasteiger partial charge in [0.05, 0.1) is 30.6 Å². The van der Waals surface area contributed by atoms with E-state index in [9.17, 15) is 24.0 Å². The number of primary amides is 1. The van der Waals surface area contributed by atoms with Crippen molar-refractivity contribution in [2.45, 2.75) is 102 Å². The molecule has 1 aromatic heterocycles. The summed E-state index contributed by atoms with van der Waals surface area (Å²) < 4.78 is 11.9. The van der Waals surface area contributed by atoms with Gasteiger partial charge in [-0.2, -0.15) is 0 Å². The van der Waals surface area contributed by atoms with E-state index in [1.165, 1.54) is 0 Å². The van der Waals surface area contributed by atoms with Gasteiger partial charge in [0.1, 0.15) is 24.4 Å². The number of esters is 1. The lowest BCUT2D eigenvalue weighted by atomic mass is 9.72. The third kappa shape index (κ3) is 12.4. The van der Waals surface area contributed by atoms with Crippen molar-refractivity contribution >= 4 is 40.5 Å². The molecule has 1 aliphatic heterocycles. The van der Waals surface area contributed by atoms with E-state index < -0.39 is 53.8 Å². The summed E-state index contributed by atoms with van der Waals surface area (Å²) >= 11 is 0. The number of piperidine rings is 1. The first kappa shape index (κ1) is 43.9. The molecule has 60 heavy (non-hydrogen) atoms. The number of hydrogen-bond acceptors (Lipinski definition) is 9. The fourth-order valence-electron chi connectivity index (χ4n) is 8.42. The molecule has 13 heteroatoms. The van der Waals surface area contributed by atoms with Gasteiger partial charge in [-0.1, -0.05) is 104 Å². The van der Waals surface area contributed by atoms with Crippen LogP contribution in [0.4, 0.5) is 0 Å². The Labute approximate surface area is 352 Å². The van der Waals surface area contributed by atoms with Crippen LogP contribution in [0, 0.1) is 11.8 Å². The first-order valence-electron chi connectivity index (χ1n) is 21.0. The molecule has 2 fully saturated rings. The molecule has 5 N–H and O–H groups in total. The summed E-state index contributed by atoms with van der Waals surface area (Å²) in [5, 5.41) is 9.74. The summed E-state index contributed by atoms with van der Waals surface area (Å²) in [5.41, 5.74) is 7.37. The molecule has 1 aliphatic carbocycles. The second-order valence-electron chi connectivity index (χ2n) is 17.1. The Hall–Kier alpha value is -5.66. The maximum absolute atomic E-state index is 14.4. The van der Waals surface area contributed by atoms with E-state index in [-0.39, 0.29) is 37.3 Å². The van der Waals surface area contributed by atoms with E-state index in [1.54, 1.807) is 18.2 Å². The maximum Gasteiger partial charge on any atom is 0.332 e. The number of hydrogen-bond donors (Lipinski definition) is 4. The molecule has 4 aromatic rings. The van der Waals surface area contributed by atoms with E-state index in [0.717, 1.165) is 49.6 Å². The summed E-state index contributed by atoms with van der Waals surface area (Å²) in [6.07, 6.45) is 3.96. The summed E-state index contributed by atoms with van der Waals surface area (Å²) in [6.45, 7) is 6.85. The molecule has 0 radical (unpaired) electrons. The van der Waals surface area contributed by atoms with Gasteiger partial charge in [0, 0.05) is 24.0 Å². The number of nitrogens with one attached hydrogen (secondary N) is 3. The van der Waals surface area contributed by atoms with Gasteiger partial charge in [0.2, 0.25) is 17.7 Å². The van der Waals surface area contributed by atoms with Crippen molar-refractivity contribution in [2.75, 3.05) is 19.7 Å². The molecule has 0 spiro atoms. The molecule has 4 amide bonds. The minimum Gasteiger partial charge on any atom is -0.454 e. The van der Waals surface area contributed by atoms with Crippen LogP contribution in [0.2, 0.25) is 0 Å². The minimum atomic E-state index is -1.38. The molecule has 2 aliphatic rings. The number of rotatable bonds is 17. The quantitative estimate of drug-likeness (QED) is 0.102. The van der Waals surface area contributed by atoms with Crippen molar-refractivity contribution in [1.82, 2.24) is 25.8 Å². The molecule has 3 aromatic carbocycles. The molecule has 6 rings (SSSR count). The Kier molecular flexibility index (Phi) is 15.0. The first-order chi connectivity index (χ1) is 28.8. The lowest BCUT2D eigenvalue weighted by Gasteiger charge is -2.46. The van der Waals surface area contributed by atoms with Crippen LogP contribution in [0.5, 0.6) is 0 Å². The molecule has 0 bridgehead atoms. The molecule has 1 saturated heterocycles. The monoisotopic (exact) mass is 818 g/mol. The average molecular weight is 819 g/mol. The van der Waals surface area contributed by atoms with Gasteiger partial charge in [-0.3, -0.25) is 24.1 Å². The second kappa shape index (κ2) is 20.5. The normalized spacial score (nSPS) is 19.6. The van der Waals surface area contributed by atoms with E-state index in [0.29, 0.717) is 29.5 Å². The molecule has 2 heterocycles. The highest BCUT2D eigenvalue weighted by Crippen LogP contribution is 2.39. The van der Waals surface area contributed by atoms with E-state index in [4.69, 9.17) is 15.2 Å². The van der Waals surface area contributed by atoms with Crippen LogP contribution in [-0.4, -0.2) is 82.8 Å². The fourth-order valence-corrected chi connectivity index (χ4v) is 8.42. The van der Waals surface area contributed by atoms with Crippen molar-refractivity contribution in [3.05, 3.63) is 114 Å². The number of nitrogens with two attached hydrogens (primary N) is 1. The third-order valence-corrected chi connectivity index (χ3v) is 11.3. The predicted molar refractivity (Wildman–Crippen MR) is 228 cm³/mol. The minimum absolute atomic E-state index is 0.0414. The highest BCUT2D eigenvalue weighted by molar-refractivity contribution is 5.99. The largest absolute Gasteiger partial charge is 0.454 e. The predicted octanol–water partition coefficient (Wildman–Crippen LogP) is 5.38. The topological polar surface area (TPSA) is 182 Å². The molecule has 1 saturated carbocycles. The van der Waals surface area contributed by atoms with E-state index in [1.807, 2.05) is 99.6 Å². The zero-order valence-electron chi connectivity index (χ0n) is 34.8. The van der Waals surface area contributed by atoms with Crippen molar-refractivity contribution in [2.24, 2.45) is 17.6 Å². The number of nitrogens with zero attached hydrogens (tertiary/aromatic N) is 2. The summed E-state index contributed by atoms with van der Waals surface area (Å²) in [7, 11) is 0. The standard InChI is InChI=1S/C47H58N6O7/c1-47(2,3)52-46(58)40-26-34-19-10-11-20-35(34)28-53(40)25-24-37(43(33-17-8-5-9-18-33)60-42(55)30-59-29-31-14-6-4-7-15-31)50-45(57)39(27-41(48)54)51-44(56)38-23-22-32-16-12-13-21-36(32)49-38/h4-9,12-18,21-23,34-35,37,39-40,43H,10-11,19-20,24-30H2,1-3H3,(H2,48,54)(H,50,57)(H,51,56)(H,52,58)/t34-,35+,37-,39+,40-,43?/m0/s1. The Balaban J connectivity index is 1.28. The number of likely N-dealkylation sites (tertiary alicyclic amines) is 1. The molecule has 6 atom stereocenters. The third-order valence-electron chi connectivity index (χ3n) is 11.3. The molecule has 1 unspecified atom stereocenters. The number of carbonyl (C=O) groups is 5. The van der Waals surface area contributed by atoms with E-state index in [2.05, 4.69) is 25.8 Å². The van der Waals surface area contributed by atoms with Crippen LogP contribution >= 0.6 is 0 Å². The van der Waals surface area contributed by atoms with Gasteiger partial charge in [0.25, 0.3) is 5.91 Å². The van der Waals surface area contributed by atoms with Gasteiger partial charge < -0.3 is 31.2 Å². The zero-order chi connectivity index (χ0) is 42.6. The van der Waals surface area contributed by atoms with Crippen LogP contribution in [0.25, 0.3) is 10.9 Å². The maximum atomic E-state index is 14.4. The highest BCUT2D eigenvalue weighted by Gasteiger charge is 2.41. The number of para-hydroxylation sites is 1. The van der Waals surface area contributed by atoms with Crippen molar-refractivity contribution in [3.8, 4) is 0 Å². The van der Waals surface area contributed by atoms with Crippen molar-refractivity contribution in [3.63, 3.8) is 0 Å². The number of benzene rings is 3. The summed E-state index contributed by atoms with van der Waals surface area (Å²) in [6, 6.07) is 26.5. The fraction of sp³-hybridized carbons (Fsp3) is 0.447. The number of pyridine rings is 1. The smallest absolute Gasteiger partial charge is 0.332 e.